The summed E-state index contributed by atoms with van der Waals surface area (Å²) in [6.45, 7) is 15.0. The van der Waals surface area contributed by atoms with Gasteiger partial charge in [0, 0.05) is 66.0 Å². The van der Waals surface area contributed by atoms with Crippen molar-refractivity contribution in [1.29, 1.82) is 0 Å². The van der Waals surface area contributed by atoms with Gasteiger partial charge in [-0.25, -0.2) is 0 Å². The van der Waals surface area contributed by atoms with Gasteiger partial charge in [0.05, 0.1) is 26.4 Å². The lowest BCUT2D eigenvalue weighted by Crippen LogP contribution is -2.55. The molecule has 0 bridgehead atoms. The lowest BCUT2D eigenvalue weighted by Gasteiger charge is -2.37. The summed E-state index contributed by atoms with van der Waals surface area (Å²) in [6.07, 6.45) is 2.42. The average Bonchev–Trinajstić information content (AvgIpc) is 2.82. The molecule has 3 fully saturated rings. The first-order valence-electron chi connectivity index (χ1n) is 12.0. The van der Waals surface area contributed by atoms with Crippen LogP contribution in [0.25, 0.3) is 0 Å². The fourth-order valence-electron chi connectivity index (χ4n) is 4.48. The molecule has 0 aromatic carbocycles. The number of likely N-dealkylation sites (tertiary alicyclic amines) is 1. The highest BCUT2D eigenvalue weighted by Crippen LogP contribution is 2.17. The number of hydrogen-bond donors (Lipinski definition) is 1. The zero-order valence-corrected chi connectivity index (χ0v) is 19.6. The SMILES string of the molecule is CCNC(=NCC1CCN(CCOC)CC1)N1CCN(CC(=O)N2CCOCC2)CC1. The number of piperidine rings is 1. The molecule has 0 saturated carbocycles. The third-order valence-electron chi connectivity index (χ3n) is 6.55. The van der Waals surface area contributed by atoms with Crippen molar-refractivity contribution in [3.05, 3.63) is 0 Å². The predicted octanol–water partition coefficient (Wildman–Crippen LogP) is -0.213. The first kappa shape index (κ1) is 24.2. The van der Waals surface area contributed by atoms with E-state index in [9.17, 15) is 4.79 Å². The molecule has 1 amide bonds. The van der Waals surface area contributed by atoms with Crippen LogP contribution in [0, 0.1) is 5.92 Å². The highest BCUT2D eigenvalue weighted by Gasteiger charge is 2.25. The Morgan fingerprint density at radius 3 is 2.35 bits per heavy atom. The number of aliphatic imine (C=N–C) groups is 1. The van der Waals surface area contributed by atoms with Crippen LogP contribution in [0.3, 0.4) is 0 Å². The van der Waals surface area contributed by atoms with Crippen molar-refractivity contribution in [2.24, 2.45) is 10.9 Å². The van der Waals surface area contributed by atoms with E-state index in [0.29, 0.717) is 25.7 Å². The van der Waals surface area contributed by atoms with E-state index in [4.69, 9.17) is 14.5 Å². The second-order valence-electron chi connectivity index (χ2n) is 8.73. The molecule has 3 aliphatic rings. The van der Waals surface area contributed by atoms with Gasteiger partial charge < -0.3 is 29.5 Å². The number of morpholine rings is 1. The molecule has 3 rings (SSSR count). The van der Waals surface area contributed by atoms with E-state index in [2.05, 4.69) is 26.9 Å². The van der Waals surface area contributed by atoms with Crippen molar-refractivity contribution in [1.82, 2.24) is 24.9 Å². The van der Waals surface area contributed by atoms with Gasteiger partial charge >= 0.3 is 0 Å². The van der Waals surface area contributed by atoms with Crippen LogP contribution in [0.2, 0.25) is 0 Å². The molecular weight excluding hydrogens is 396 g/mol. The third kappa shape index (κ3) is 7.89. The summed E-state index contributed by atoms with van der Waals surface area (Å²) in [5, 5.41) is 3.48. The minimum absolute atomic E-state index is 0.231. The lowest BCUT2D eigenvalue weighted by molar-refractivity contribution is -0.136. The Morgan fingerprint density at radius 2 is 1.71 bits per heavy atom. The monoisotopic (exact) mass is 438 g/mol. The number of hydrogen-bond acceptors (Lipinski definition) is 6. The van der Waals surface area contributed by atoms with Gasteiger partial charge in [0.2, 0.25) is 5.91 Å². The molecule has 0 aliphatic carbocycles. The van der Waals surface area contributed by atoms with E-state index in [1.165, 1.54) is 12.8 Å². The second-order valence-corrected chi connectivity index (χ2v) is 8.73. The molecule has 31 heavy (non-hydrogen) atoms. The summed E-state index contributed by atoms with van der Waals surface area (Å²) < 4.78 is 10.5. The number of rotatable bonds is 8. The Morgan fingerprint density at radius 1 is 1.00 bits per heavy atom. The number of carbonyl (C=O) groups is 1. The molecular formula is C22H42N6O3. The summed E-state index contributed by atoms with van der Waals surface area (Å²) in [4.78, 5) is 26.6. The van der Waals surface area contributed by atoms with E-state index in [1.807, 2.05) is 4.90 Å². The third-order valence-corrected chi connectivity index (χ3v) is 6.55. The van der Waals surface area contributed by atoms with Crippen LogP contribution in [-0.4, -0.2) is 137 Å². The standard InChI is InChI=1S/C22H42N6O3/c1-3-23-22(24-18-20-4-6-25(7-5-20)12-15-30-2)28-10-8-26(9-11-28)19-21(29)27-13-16-31-17-14-27/h20H,3-19H2,1-2H3,(H,23,24). The number of methoxy groups -OCH3 is 1. The minimum Gasteiger partial charge on any atom is -0.383 e. The van der Waals surface area contributed by atoms with Crippen molar-refractivity contribution in [2.45, 2.75) is 19.8 Å². The minimum atomic E-state index is 0.231. The molecule has 0 atom stereocenters. The van der Waals surface area contributed by atoms with E-state index in [0.717, 1.165) is 84.6 Å². The topological polar surface area (TPSA) is 72.9 Å². The molecule has 0 spiro atoms. The average molecular weight is 439 g/mol. The zero-order chi connectivity index (χ0) is 21.9. The number of piperazine rings is 1. The normalized spacial score (nSPS) is 22.7. The van der Waals surface area contributed by atoms with Gasteiger partial charge in [-0.3, -0.25) is 14.7 Å². The summed E-state index contributed by atoms with van der Waals surface area (Å²) in [6, 6.07) is 0. The van der Waals surface area contributed by atoms with Crippen LogP contribution < -0.4 is 5.32 Å². The van der Waals surface area contributed by atoms with Crippen molar-refractivity contribution < 1.29 is 14.3 Å². The Bertz CT molecular complexity index is 553. The first-order valence-corrected chi connectivity index (χ1v) is 12.0. The highest BCUT2D eigenvalue weighted by molar-refractivity contribution is 5.80. The molecule has 0 unspecified atom stereocenters. The van der Waals surface area contributed by atoms with Crippen molar-refractivity contribution in [3.8, 4) is 0 Å². The second kappa shape index (κ2) is 13.2. The fraction of sp³-hybridized carbons (Fsp3) is 0.909. The maximum absolute atomic E-state index is 12.5. The molecule has 1 N–H and O–H groups in total. The fourth-order valence-corrected chi connectivity index (χ4v) is 4.48. The summed E-state index contributed by atoms with van der Waals surface area (Å²) >= 11 is 0. The number of nitrogens with zero attached hydrogens (tertiary/aromatic N) is 5. The molecule has 3 saturated heterocycles. The van der Waals surface area contributed by atoms with Crippen LogP contribution in [0.5, 0.6) is 0 Å². The molecule has 3 heterocycles. The van der Waals surface area contributed by atoms with Crippen molar-refractivity contribution in [3.63, 3.8) is 0 Å². The number of guanidine groups is 1. The van der Waals surface area contributed by atoms with E-state index >= 15 is 0 Å². The highest BCUT2D eigenvalue weighted by atomic mass is 16.5. The van der Waals surface area contributed by atoms with Gasteiger partial charge in [0.15, 0.2) is 5.96 Å². The molecule has 3 aliphatic heterocycles. The lowest BCUT2D eigenvalue weighted by atomic mass is 9.97. The van der Waals surface area contributed by atoms with Gasteiger partial charge in [-0.05, 0) is 38.8 Å². The summed E-state index contributed by atoms with van der Waals surface area (Å²) in [5.41, 5.74) is 0. The number of nitrogens with one attached hydrogen (secondary N) is 1. The van der Waals surface area contributed by atoms with Crippen molar-refractivity contribution >= 4 is 11.9 Å². The Hall–Kier alpha value is -1.42. The first-order chi connectivity index (χ1) is 15.2. The number of amides is 1. The van der Waals surface area contributed by atoms with Crippen molar-refractivity contribution in [2.75, 3.05) is 105 Å². The van der Waals surface area contributed by atoms with Gasteiger partial charge in [0.1, 0.15) is 0 Å². The van der Waals surface area contributed by atoms with Crippen LogP contribution in [0.1, 0.15) is 19.8 Å². The van der Waals surface area contributed by atoms with E-state index in [-0.39, 0.29) is 5.91 Å². The van der Waals surface area contributed by atoms with Crippen LogP contribution in [0.15, 0.2) is 4.99 Å². The van der Waals surface area contributed by atoms with Crippen LogP contribution in [-0.2, 0) is 14.3 Å². The van der Waals surface area contributed by atoms with E-state index in [1.54, 1.807) is 7.11 Å². The smallest absolute Gasteiger partial charge is 0.236 e. The van der Waals surface area contributed by atoms with Crippen LogP contribution >= 0.6 is 0 Å². The molecule has 178 valence electrons. The summed E-state index contributed by atoms with van der Waals surface area (Å²) in [5.74, 6) is 1.93. The predicted molar refractivity (Wildman–Crippen MR) is 122 cm³/mol. The molecule has 0 aromatic rings. The summed E-state index contributed by atoms with van der Waals surface area (Å²) in [7, 11) is 1.77. The maximum Gasteiger partial charge on any atom is 0.236 e. The molecule has 9 nitrogen and oxygen atoms in total. The quantitative estimate of drug-likeness (QED) is 0.415. The van der Waals surface area contributed by atoms with Gasteiger partial charge in [0.25, 0.3) is 0 Å². The number of ether oxygens (including phenoxy) is 2. The molecule has 0 radical (unpaired) electrons. The van der Waals surface area contributed by atoms with Gasteiger partial charge in [-0.2, -0.15) is 0 Å². The molecule has 0 aromatic heterocycles. The maximum atomic E-state index is 12.5. The Labute approximate surface area is 187 Å². The largest absolute Gasteiger partial charge is 0.383 e. The number of carbonyl (C=O) groups excluding carboxylic acids is 1. The van der Waals surface area contributed by atoms with Gasteiger partial charge in [-0.15, -0.1) is 0 Å². The molecule has 9 heteroatoms. The Balaban J connectivity index is 1.40. The Kier molecular flexibility index (Phi) is 10.3. The van der Waals surface area contributed by atoms with E-state index < -0.39 is 0 Å². The van der Waals surface area contributed by atoms with Gasteiger partial charge in [-0.1, -0.05) is 0 Å². The van der Waals surface area contributed by atoms with Crippen LogP contribution in [0.4, 0.5) is 0 Å². The zero-order valence-electron chi connectivity index (χ0n) is 19.6.